The number of aliphatic imine (C=N–C) groups is 1. The van der Waals surface area contributed by atoms with E-state index in [1.165, 1.54) is 18.2 Å². The summed E-state index contributed by atoms with van der Waals surface area (Å²) in [5.74, 6) is 0.376. The summed E-state index contributed by atoms with van der Waals surface area (Å²) in [6, 6.07) is 3.90. The van der Waals surface area contributed by atoms with E-state index in [1.807, 2.05) is 20.8 Å². The van der Waals surface area contributed by atoms with Crippen LogP contribution >= 0.6 is 0 Å². The highest BCUT2D eigenvalue weighted by Gasteiger charge is 2.13. The molecule has 0 amide bonds. The molecule has 0 aliphatic heterocycles. The topological polar surface area (TPSA) is 62.5 Å². The maximum atomic E-state index is 13.7. The first kappa shape index (κ1) is 19.9. The Morgan fingerprint density at radius 2 is 1.81 bits per heavy atom. The Morgan fingerprint density at radius 1 is 1.08 bits per heavy atom. The lowest BCUT2D eigenvalue weighted by Crippen LogP contribution is -2.38. The second-order valence-corrected chi connectivity index (χ2v) is 5.81. The average Bonchev–Trinajstić information content (AvgIpc) is 3.04. The number of aromatic nitrogens is 1. The van der Waals surface area contributed by atoms with Gasteiger partial charge in [0.05, 0.1) is 12.2 Å². The monoisotopic (exact) mass is 364 g/mol. The maximum absolute atomic E-state index is 13.7. The van der Waals surface area contributed by atoms with Crippen LogP contribution in [0, 0.1) is 11.6 Å². The summed E-state index contributed by atoms with van der Waals surface area (Å²) in [7, 11) is 0. The molecule has 0 saturated carbocycles. The number of rotatable bonds is 8. The van der Waals surface area contributed by atoms with Crippen molar-refractivity contribution in [3.05, 3.63) is 52.4 Å². The second-order valence-electron chi connectivity index (χ2n) is 5.81. The van der Waals surface area contributed by atoms with Gasteiger partial charge in [0.25, 0.3) is 0 Å². The van der Waals surface area contributed by atoms with Crippen LogP contribution in [0.5, 0.6) is 0 Å². The molecule has 2 rings (SSSR count). The van der Waals surface area contributed by atoms with Crippen LogP contribution in [0.1, 0.15) is 43.4 Å². The fraction of sp³-hybridized carbons (Fsp3) is 0.474. The molecule has 5 nitrogen and oxygen atoms in total. The number of nitrogens with one attached hydrogen (secondary N) is 2. The first-order valence-corrected chi connectivity index (χ1v) is 9.01. The molecule has 0 saturated heterocycles. The number of guanidine groups is 1. The Labute approximate surface area is 152 Å². The van der Waals surface area contributed by atoms with Crippen LogP contribution in [-0.4, -0.2) is 24.2 Å². The Hall–Kier alpha value is -2.44. The molecule has 0 bridgehead atoms. The number of aryl methyl sites for hydroxylation is 2. The Balaban J connectivity index is 2.02. The van der Waals surface area contributed by atoms with Crippen LogP contribution in [0.25, 0.3) is 0 Å². The van der Waals surface area contributed by atoms with E-state index in [9.17, 15) is 8.78 Å². The molecule has 0 aliphatic carbocycles. The zero-order chi connectivity index (χ0) is 18.9. The highest BCUT2D eigenvalue weighted by atomic mass is 19.1. The van der Waals surface area contributed by atoms with Gasteiger partial charge in [0.15, 0.2) is 5.96 Å². The van der Waals surface area contributed by atoms with Crippen molar-refractivity contribution in [3.8, 4) is 0 Å². The smallest absolute Gasteiger partial charge is 0.191 e. The van der Waals surface area contributed by atoms with Gasteiger partial charge in [-0.05, 0) is 31.9 Å². The van der Waals surface area contributed by atoms with E-state index in [2.05, 4.69) is 20.8 Å². The van der Waals surface area contributed by atoms with Crippen molar-refractivity contribution < 1.29 is 13.3 Å². The quantitative estimate of drug-likeness (QED) is 0.557. The lowest BCUT2D eigenvalue weighted by atomic mass is 10.1. The zero-order valence-electron chi connectivity index (χ0n) is 15.5. The number of benzene rings is 1. The zero-order valence-corrected chi connectivity index (χ0v) is 15.5. The van der Waals surface area contributed by atoms with E-state index in [-0.39, 0.29) is 12.0 Å². The molecular weight excluding hydrogens is 338 g/mol. The van der Waals surface area contributed by atoms with E-state index in [4.69, 9.17) is 4.52 Å². The summed E-state index contributed by atoms with van der Waals surface area (Å²) in [6.45, 7) is 7.50. The van der Waals surface area contributed by atoms with Gasteiger partial charge in [-0.2, -0.15) is 0 Å². The molecule has 1 heterocycles. The van der Waals surface area contributed by atoms with Gasteiger partial charge in [-0.25, -0.2) is 13.8 Å². The molecular formula is C19H26F2N4O. The summed E-state index contributed by atoms with van der Waals surface area (Å²) >= 11 is 0. The molecule has 0 fully saturated rings. The molecule has 0 aliphatic rings. The van der Waals surface area contributed by atoms with E-state index < -0.39 is 11.6 Å². The van der Waals surface area contributed by atoms with E-state index in [0.717, 1.165) is 29.9 Å². The Kier molecular flexibility index (Phi) is 7.56. The standard InChI is InChI=1S/C19H26F2N4O/c1-4-17-14(18(5-2)26-25-17)12-24-19(22-6-3)23-11-10-13-15(20)8-7-9-16(13)21/h7-9H,4-6,10-12H2,1-3H3,(H2,22,23,24). The molecule has 0 spiro atoms. The van der Waals surface area contributed by atoms with Crippen molar-refractivity contribution in [2.45, 2.75) is 46.6 Å². The van der Waals surface area contributed by atoms with Crippen molar-refractivity contribution in [1.82, 2.24) is 15.8 Å². The van der Waals surface area contributed by atoms with Crippen LogP contribution in [0.4, 0.5) is 8.78 Å². The van der Waals surface area contributed by atoms with Crippen molar-refractivity contribution in [1.29, 1.82) is 0 Å². The number of hydrogen-bond acceptors (Lipinski definition) is 3. The molecule has 0 unspecified atom stereocenters. The Morgan fingerprint density at radius 3 is 2.42 bits per heavy atom. The molecule has 2 aromatic rings. The summed E-state index contributed by atoms with van der Waals surface area (Å²) in [5.41, 5.74) is 2.00. The van der Waals surface area contributed by atoms with Crippen LogP contribution in [0.15, 0.2) is 27.7 Å². The predicted octanol–water partition coefficient (Wildman–Crippen LogP) is 3.38. The fourth-order valence-corrected chi connectivity index (χ4v) is 2.69. The molecule has 26 heavy (non-hydrogen) atoms. The SMILES string of the molecule is CCNC(=NCc1c(CC)noc1CC)NCCc1c(F)cccc1F. The average molecular weight is 364 g/mol. The third kappa shape index (κ3) is 5.03. The summed E-state index contributed by atoms with van der Waals surface area (Å²) < 4.78 is 32.7. The summed E-state index contributed by atoms with van der Waals surface area (Å²) in [4.78, 5) is 4.56. The maximum Gasteiger partial charge on any atom is 0.191 e. The first-order chi connectivity index (χ1) is 12.6. The molecule has 142 valence electrons. The van der Waals surface area contributed by atoms with Gasteiger partial charge in [0, 0.05) is 30.6 Å². The Bertz CT molecular complexity index is 701. The molecule has 2 N–H and O–H groups in total. The third-order valence-electron chi connectivity index (χ3n) is 4.08. The van der Waals surface area contributed by atoms with Gasteiger partial charge < -0.3 is 15.2 Å². The van der Waals surface area contributed by atoms with Gasteiger partial charge in [0.1, 0.15) is 17.4 Å². The van der Waals surface area contributed by atoms with E-state index in [0.29, 0.717) is 25.6 Å². The first-order valence-electron chi connectivity index (χ1n) is 9.01. The van der Waals surface area contributed by atoms with E-state index in [1.54, 1.807) is 0 Å². The number of hydrogen-bond donors (Lipinski definition) is 2. The van der Waals surface area contributed by atoms with Gasteiger partial charge in [-0.1, -0.05) is 25.1 Å². The molecule has 7 heteroatoms. The molecule has 1 aromatic carbocycles. The predicted molar refractivity (Wildman–Crippen MR) is 98.1 cm³/mol. The van der Waals surface area contributed by atoms with Gasteiger partial charge in [0.2, 0.25) is 0 Å². The van der Waals surface area contributed by atoms with Crippen molar-refractivity contribution in [2.75, 3.05) is 13.1 Å². The number of nitrogens with zero attached hydrogens (tertiary/aromatic N) is 2. The van der Waals surface area contributed by atoms with Crippen LogP contribution in [0.3, 0.4) is 0 Å². The van der Waals surface area contributed by atoms with Crippen molar-refractivity contribution in [3.63, 3.8) is 0 Å². The minimum absolute atomic E-state index is 0.0800. The minimum Gasteiger partial charge on any atom is -0.361 e. The van der Waals surface area contributed by atoms with Crippen molar-refractivity contribution in [2.24, 2.45) is 4.99 Å². The summed E-state index contributed by atoms with van der Waals surface area (Å²) in [6.07, 6.45) is 1.77. The van der Waals surface area contributed by atoms with Gasteiger partial charge in [-0.3, -0.25) is 0 Å². The van der Waals surface area contributed by atoms with Gasteiger partial charge >= 0.3 is 0 Å². The van der Waals surface area contributed by atoms with Crippen molar-refractivity contribution >= 4 is 5.96 Å². The summed E-state index contributed by atoms with van der Waals surface area (Å²) in [5, 5.41) is 10.3. The second kappa shape index (κ2) is 9.89. The fourth-order valence-electron chi connectivity index (χ4n) is 2.69. The van der Waals surface area contributed by atoms with E-state index >= 15 is 0 Å². The molecule has 1 aromatic heterocycles. The van der Waals surface area contributed by atoms with Crippen LogP contribution in [-0.2, 0) is 25.8 Å². The largest absolute Gasteiger partial charge is 0.361 e. The molecule has 0 atom stereocenters. The highest BCUT2D eigenvalue weighted by Crippen LogP contribution is 2.17. The minimum atomic E-state index is -0.529. The van der Waals surface area contributed by atoms with Gasteiger partial charge in [-0.15, -0.1) is 0 Å². The lowest BCUT2D eigenvalue weighted by molar-refractivity contribution is 0.380. The highest BCUT2D eigenvalue weighted by molar-refractivity contribution is 5.79. The van der Waals surface area contributed by atoms with Crippen LogP contribution < -0.4 is 10.6 Å². The third-order valence-corrected chi connectivity index (χ3v) is 4.08. The van der Waals surface area contributed by atoms with Crippen LogP contribution in [0.2, 0.25) is 0 Å². The number of halogens is 2. The lowest BCUT2D eigenvalue weighted by Gasteiger charge is -2.12. The normalized spacial score (nSPS) is 11.7. The molecule has 0 radical (unpaired) electrons.